The Kier molecular flexibility index (Phi) is 4.02. The van der Waals surface area contributed by atoms with Gasteiger partial charge in [0.15, 0.2) is 18.1 Å². The third-order valence-electron chi connectivity index (χ3n) is 2.51. The van der Waals surface area contributed by atoms with Crippen molar-refractivity contribution in [1.29, 1.82) is 0 Å². The van der Waals surface area contributed by atoms with Gasteiger partial charge in [-0.05, 0) is 12.1 Å². The van der Waals surface area contributed by atoms with Gasteiger partial charge in [0.25, 0.3) is 5.91 Å². The molecule has 0 fully saturated rings. The van der Waals surface area contributed by atoms with Gasteiger partial charge < -0.3 is 14.2 Å². The lowest BCUT2D eigenvalue weighted by Gasteiger charge is -2.13. The normalized spacial score (nSPS) is 10.0. The standard InChI is InChI=1S/C13H14N2O4/c1-17-10-4-3-5-11(18-2)13(10)19-8-12(16)15-7-6-14-9-15/h3-7,9H,8H2,1-2H3. The molecule has 0 saturated heterocycles. The van der Waals surface area contributed by atoms with E-state index in [1.807, 2.05) is 0 Å². The first-order valence-corrected chi connectivity index (χ1v) is 5.61. The molecule has 100 valence electrons. The summed E-state index contributed by atoms with van der Waals surface area (Å²) in [7, 11) is 3.05. The number of rotatable bonds is 5. The molecule has 6 heteroatoms. The average Bonchev–Trinajstić information content (AvgIpc) is 2.98. The van der Waals surface area contributed by atoms with Gasteiger partial charge in [0.05, 0.1) is 14.2 Å². The van der Waals surface area contributed by atoms with E-state index in [-0.39, 0.29) is 12.5 Å². The molecule has 0 spiro atoms. The second-order valence-corrected chi connectivity index (χ2v) is 3.64. The van der Waals surface area contributed by atoms with E-state index in [2.05, 4.69) is 4.98 Å². The summed E-state index contributed by atoms with van der Waals surface area (Å²) < 4.78 is 17.2. The van der Waals surface area contributed by atoms with E-state index in [0.717, 1.165) is 0 Å². The minimum Gasteiger partial charge on any atom is -0.493 e. The summed E-state index contributed by atoms with van der Waals surface area (Å²) in [4.78, 5) is 15.6. The van der Waals surface area contributed by atoms with Crippen LogP contribution in [0, 0.1) is 0 Å². The number of methoxy groups -OCH3 is 2. The lowest BCUT2D eigenvalue weighted by atomic mass is 10.3. The van der Waals surface area contributed by atoms with Gasteiger partial charge in [-0.3, -0.25) is 9.36 Å². The highest BCUT2D eigenvalue weighted by Gasteiger charge is 2.13. The second kappa shape index (κ2) is 5.90. The minimum atomic E-state index is -0.231. The van der Waals surface area contributed by atoms with Crippen LogP contribution in [0.3, 0.4) is 0 Å². The van der Waals surface area contributed by atoms with Gasteiger partial charge in [-0.15, -0.1) is 0 Å². The number of aromatic nitrogens is 2. The van der Waals surface area contributed by atoms with Crippen molar-refractivity contribution >= 4 is 5.91 Å². The number of imidazole rings is 1. The maximum atomic E-state index is 11.8. The van der Waals surface area contributed by atoms with Crippen molar-refractivity contribution in [3.8, 4) is 17.2 Å². The first kappa shape index (κ1) is 12.9. The van der Waals surface area contributed by atoms with Crippen LogP contribution in [0.25, 0.3) is 0 Å². The Morgan fingerprint density at radius 1 is 1.26 bits per heavy atom. The summed E-state index contributed by atoms with van der Waals surface area (Å²) in [5.41, 5.74) is 0. The predicted octanol–water partition coefficient (Wildman–Crippen LogP) is 1.62. The van der Waals surface area contributed by atoms with Crippen LogP contribution in [0.4, 0.5) is 0 Å². The van der Waals surface area contributed by atoms with Gasteiger partial charge >= 0.3 is 0 Å². The molecule has 2 rings (SSSR count). The van der Waals surface area contributed by atoms with Crippen molar-refractivity contribution in [3.05, 3.63) is 36.9 Å². The molecule has 0 radical (unpaired) electrons. The van der Waals surface area contributed by atoms with Crippen molar-refractivity contribution in [2.75, 3.05) is 20.8 Å². The van der Waals surface area contributed by atoms with E-state index in [1.54, 1.807) is 24.4 Å². The van der Waals surface area contributed by atoms with Crippen LogP contribution in [0.5, 0.6) is 17.2 Å². The van der Waals surface area contributed by atoms with Crippen molar-refractivity contribution in [2.24, 2.45) is 0 Å². The number of carbonyl (C=O) groups is 1. The fourth-order valence-corrected chi connectivity index (χ4v) is 1.57. The number of para-hydroxylation sites is 1. The highest BCUT2D eigenvalue weighted by molar-refractivity contribution is 5.80. The SMILES string of the molecule is COc1cccc(OC)c1OCC(=O)n1ccnc1. The van der Waals surface area contributed by atoms with Crippen LogP contribution in [0.15, 0.2) is 36.9 Å². The lowest BCUT2D eigenvalue weighted by molar-refractivity contribution is 0.0833. The fraction of sp³-hybridized carbons (Fsp3) is 0.231. The molecule has 1 aromatic heterocycles. The highest BCUT2D eigenvalue weighted by atomic mass is 16.5. The third-order valence-corrected chi connectivity index (χ3v) is 2.51. The van der Waals surface area contributed by atoms with E-state index in [9.17, 15) is 4.79 Å². The zero-order valence-corrected chi connectivity index (χ0v) is 10.7. The van der Waals surface area contributed by atoms with Crippen LogP contribution < -0.4 is 14.2 Å². The predicted molar refractivity (Wildman–Crippen MR) is 67.9 cm³/mol. The molecule has 0 aliphatic rings. The second-order valence-electron chi connectivity index (χ2n) is 3.64. The van der Waals surface area contributed by atoms with E-state index >= 15 is 0 Å². The Morgan fingerprint density at radius 3 is 2.47 bits per heavy atom. The van der Waals surface area contributed by atoms with Gasteiger partial charge in [0.2, 0.25) is 5.75 Å². The molecule has 0 unspecified atom stereocenters. The summed E-state index contributed by atoms with van der Waals surface area (Å²) >= 11 is 0. The molecule has 0 bridgehead atoms. The van der Waals surface area contributed by atoms with E-state index in [4.69, 9.17) is 14.2 Å². The van der Waals surface area contributed by atoms with Gasteiger partial charge in [-0.2, -0.15) is 0 Å². The molecular weight excluding hydrogens is 248 g/mol. The maximum Gasteiger partial charge on any atom is 0.269 e. The van der Waals surface area contributed by atoms with Crippen LogP contribution in [-0.2, 0) is 0 Å². The molecule has 0 N–H and O–H groups in total. The molecule has 1 aromatic carbocycles. The summed E-state index contributed by atoms with van der Waals surface area (Å²) in [6.45, 7) is -0.132. The molecule has 0 aliphatic heterocycles. The number of ether oxygens (including phenoxy) is 3. The Bertz CT molecular complexity index is 530. The highest BCUT2D eigenvalue weighted by Crippen LogP contribution is 2.36. The number of nitrogens with zero attached hydrogens (tertiary/aromatic N) is 2. The smallest absolute Gasteiger partial charge is 0.269 e. The minimum absolute atomic E-state index is 0.132. The van der Waals surface area contributed by atoms with Gasteiger partial charge in [-0.25, -0.2) is 4.98 Å². The first-order valence-electron chi connectivity index (χ1n) is 5.61. The Labute approximate surface area is 110 Å². The number of benzene rings is 1. The zero-order chi connectivity index (χ0) is 13.7. The molecular formula is C13H14N2O4. The Balaban J connectivity index is 2.12. The average molecular weight is 262 g/mol. The van der Waals surface area contributed by atoms with Crippen molar-refractivity contribution in [1.82, 2.24) is 9.55 Å². The van der Waals surface area contributed by atoms with Crippen molar-refractivity contribution in [2.45, 2.75) is 0 Å². The molecule has 0 amide bonds. The molecule has 0 atom stereocenters. The van der Waals surface area contributed by atoms with Gasteiger partial charge in [-0.1, -0.05) is 6.07 Å². The number of carbonyl (C=O) groups excluding carboxylic acids is 1. The molecule has 6 nitrogen and oxygen atoms in total. The number of hydrogen-bond acceptors (Lipinski definition) is 5. The van der Waals surface area contributed by atoms with E-state index < -0.39 is 0 Å². The summed E-state index contributed by atoms with van der Waals surface area (Å²) in [6.07, 6.45) is 4.51. The first-order chi connectivity index (χ1) is 9.26. The van der Waals surface area contributed by atoms with E-state index in [1.165, 1.54) is 31.3 Å². The molecule has 0 saturated carbocycles. The molecule has 19 heavy (non-hydrogen) atoms. The summed E-state index contributed by atoms with van der Waals surface area (Å²) in [5, 5.41) is 0. The zero-order valence-electron chi connectivity index (χ0n) is 10.7. The monoisotopic (exact) mass is 262 g/mol. The van der Waals surface area contributed by atoms with Gasteiger partial charge in [0, 0.05) is 12.4 Å². The van der Waals surface area contributed by atoms with Crippen molar-refractivity contribution in [3.63, 3.8) is 0 Å². The van der Waals surface area contributed by atoms with Crippen LogP contribution in [0.2, 0.25) is 0 Å². The largest absolute Gasteiger partial charge is 0.493 e. The fourth-order valence-electron chi connectivity index (χ4n) is 1.57. The molecule has 2 aromatic rings. The number of hydrogen-bond donors (Lipinski definition) is 0. The van der Waals surface area contributed by atoms with E-state index in [0.29, 0.717) is 17.2 Å². The lowest BCUT2D eigenvalue weighted by Crippen LogP contribution is -2.18. The summed E-state index contributed by atoms with van der Waals surface area (Å²) in [5.74, 6) is 1.20. The topological polar surface area (TPSA) is 62.6 Å². The van der Waals surface area contributed by atoms with Gasteiger partial charge in [0.1, 0.15) is 6.33 Å². The molecule has 0 aliphatic carbocycles. The van der Waals surface area contributed by atoms with Crippen molar-refractivity contribution < 1.29 is 19.0 Å². The maximum absolute atomic E-state index is 11.8. The van der Waals surface area contributed by atoms with Crippen LogP contribution >= 0.6 is 0 Å². The third kappa shape index (κ3) is 2.85. The summed E-state index contributed by atoms with van der Waals surface area (Å²) in [6, 6.07) is 5.25. The molecule has 1 heterocycles. The van der Waals surface area contributed by atoms with Crippen LogP contribution in [0.1, 0.15) is 4.79 Å². The Morgan fingerprint density at radius 2 is 1.95 bits per heavy atom. The van der Waals surface area contributed by atoms with Crippen LogP contribution in [-0.4, -0.2) is 36.3 Å². The Hall–Kier alpha value is -2.50. The quantitative estimate of drug-likeness (QED) is 0.819.